The summed E-state index contributed by atoms with van der Waals surface area (Å²) < 4.78 is 0. The molecule has 164 valence electrons. The van der Waals surface area contributed by atoms with Crippen LogP contribution in [0.2, 0.25) is 5.02 Å². The maximum atomic E-state index is 13.1. The Kier molecular flexibility index (Phi) is 6.14. The zero-order valence-corrected chi connectivity index (χ0v) is 19.2. The van der Waals surface area contributed by atoms with E-state index in [0.717, 1.165) is 16.0 Å². The minimum atomic E-state index is -1.22. The third-order valence-electron chi connectivity index (χ3n) is 5.63. The van der Waals surface area contributed by atoms with Gasteiger partial charge in [-0.25, -0.2) is 4.79 Å². The summed E-state index contributed by atoms with van der Waals surface area (Å²) in [5.74, 6) is -0.880. The van der Waals surface area contributed by atoms with Gasteiger partial charge in [-0.1, -0.05) is 68.8 Å². The molecule has 2 aromatic carbocycles. The van der Waals surface area contributed by atoms with E-state index in [1.165, 1.54) is 0 Å². The number of hydrogen-bond acceptors (Lipinski definition) is 3. The topological polar surface area (TPSA) is 78.5 Å². The number of nitrogens with zero attached hydrogens (tertiary/aromatic N) is 1. The SMILES string of the molecule is CC(NC(=O)CN1C(=O)NC(C)(c2ccc(C(C)(C)C)cc2)C1=O)c1cccc(Cl)c1. The van der Waals surface area contributed by atoms with Crippen molar-refractivity contribution in [3.8, 4) is 0 Å². The first kappa shape index (κ1) is 22.8. The number of rotatable bonds is 5. The largest absolute Gasteiger partial charge is 0.348 e. The Hall–Kier alpha value is -2.86. The molecule has 2 aromatic rings. The van der Waals surface area contributed by atoms with Crippen LogP contribution in [0.15, 0.2) is 48.5 Å². The highest BCUT2D eigenvalue weighted by Crippen LogP contribution is 2.31. The van der Waals surface area contributed by atoms with Gasteiger partial charge in [-0.3, -0.25) is 14.5 Å². The third-order valence-corrected chi connectivity index (χ3v) is 5.87. The second-order valence-corrected chi connectivity index (χ2v) is 9.55. The van der Waals surface area contributed by atoms with Gasteiger partial charge in [0.05, 0.1) is 6.04 Å². The number of nitrogens with one attached hydrogen (secondary N) is 2. The summed E-state index contributed by atoms with van der Waals surface area (Å²) in [4.78, 5) is 39.1. The van der Waals surface area contributed by atoms with Crippen LogP contribution >= 0.6 is 11.6 Å². The Morgan fingerprint density at radius 3 is 2.39 bits per heavy atom. The number of hydrogen-bond donors (Lipinski definition) is 2. The van der Waals surface area contributed by atoms with Crippen molar-refractivity contribution >= 4 is 29.4 Å². The molecule has 3 rings (SSSR count). The van der Waals surface area contributed by atoms with Crippen LogP contribution in [-0.2, 0) is 20.5 Å². The van der Waals surface area contributed by atoms with E-state index in [2.05, 4.69) is 31.4 Å². The van der Waals surface area contributed by atoms with Crippen molar-refractivity contribution in [2.75, 3.05) is 6.54 Å². The van der Waals surface area contributed by atoms with Gasteiger partial charge in [0.2, 0.25) is 5.91 Å². The number of benzene rings is 2. The normalized spacial score (nSPS) is 19.9. The van der Waals surface area contributed by atoms with E-state index in [9.17, 15) is 14.4 Å². The Bertz CT molecular complexity index is 1010. The van der Waals surface area contributed by atoms with Crippen LogP contribution in [0, 0.1) is 0 Å². The average molecular weight is 442 g/mol. The van der Waals surface area contributed by atoms with Crippen molar-refractivity contribution in [3.63, 3.8) is 0 Å². The molecule has 4 amide bonds. The molecule has 31 heavy (non-hydrogen) atoms. The van der Waals surface area contributed by atoms with Crippen LogP contribution in [0.4, 0.5) is 4.79 Å². The fourth-order valence-corrected chi connectivity index (χ4v) is 3.83. The Morgan fingerprint density at radius 1 is 1.16 bits per heavy atom. The first-order valence-electron chi connectivity index (χ1n) is 10.2. The monoisotopic (exact) mass is 441 g/mol. The van der Waals surface area contributed by atoms with E-state index in [1.54, 1.807) is 25.1 Å². The highest BCUT2D eigenvalue weighted by Gasteiger charge is 2.49. The lowest BCUT2D eigenvalue weighted by Gasteiger charge is -2.24. The second kappa shape index (κ2) is 8.35. The van der Waals surface area contributed by atoms with E-state index in [-0.39, 0.29) is 18.0 Å². The Balaban J connectivity index is 1.71. The molecule has 1 heterocycles. The molecule has 2 unspecified atom stereocenters. The minimum Gasteiger partial charge on any atom is -0.348 e. The predicted octanol–water partition coefficient (Wildman–Crippen LogP) is 4.28. The van der Waals surface area contributed by atoms with E-state index < -0.39 is 23.4 Å². The van der Waals surface area contributed by atoms with E-state index in [4.69, 9.17) is 11.6 Å². The van der Waals surface area contributed by atoms with Crippen molar-refractivity contribution in [1.82, 2.24) is 15.5 Å². The van der Waals surface area contributed by atoms with Crippen LogP contribution in [-0.4, -0.2) is 29.3 Å². The smallest absolute Gasteiger partial charge is 0.325 e. The fraction of sp³-hybridized carbons (Fsp3) is 0.375. The average Bonchev–Trinajstić information content (AvgIpc) is 2.91. The Morgan fingerprint density at radius 2 is 1.81 bits per heavy atom. The van der Waals surface area contributed by atoms with Crippen LogP contribution in [0.3, 0.4) is 0 Å². The summed E-state index contributed by atoms with van der Waals surface area (Å²) in [6.45, 7) is 9.44. The van der Waals surface area contributed by atoms with Crippen molar-refractivity contribution in [2.45, 2.75) is 51.6 Å². The van der Waals surface area contributed by atoms with Gasteiger partial charge in [-0.05, 0) is 48.1 Å². The first-order valence-corrected chi connectivity index (χ1v) is 10.6. The van der Waals surface area contributed by atoms with E-state index >= 15 is 0 Å². The zero-order valence-electron chi connectivity index (χ0n) is 18.5. The summed E-state index contributed by atoms with van der Waals surface area (Å²) in [5.41, 5.74) is 1.40. The van der Waals surface area contributed by atoms with Gasteiger partial charge < -0.3 is 10.6 Å². The molecule has 1 aliphatic rings. The summed E-state index contributed by atoms with van der Waals surface area (Å²) in [5, 5.41) is 6.12. The summed E-state index contributed by atoms with van der Waals surface area (Å²) in [6, 6.07) is 13.9. The Labute approximate surface area is 188 Å². The predicted molar refractivity (Wildman–Crippen MR) is 121 cm³/mol. The van der Waals surface area contributed by atoms with Crippen LogP contribution in [0.1, 0.15) is 57.4 Å². The second-order valence-electron chi connectivity index (χ2n) is 9.12. The summed E-state index contributed by atoms with van der Waals surface area (Å²) in [7, 11) is 0. The third kappa shape index (κ3) is 4.74. The molecule has 0 aromatic heterocycles. The van der Waals surface area contributed by atoms with E-state index in [1.807, 2.05) is 37.3 Å². The van der Waals surface area contributed by atoms with Gasteiger partial charge in [-0.2, -0.15) is 0 Å². The number of halogens is 1. The number of carbonyl (C=O) groups excluding carboxylic acids is 3. The van der Waals surface area contributed by atoms with Gasteiger partial charge in [0, 0.05) is 5.02 Å². The molecule has 0 radical (unpaired) electrons. The van der Waals surface area contributed by atoms with Crippen molar-refractivity contribution < 1.29 is 14.4 Å². The van der Waals surface area contributed by atoms with Gasteiger partial charge >= 0.3 is 6.03 Å². The highest BCUT2D eigenvalue weighted by molar-refractivity contribution is 6.30. The standard InChI is InChI=1S/C24H28ClN3O3/c1-15(16-7-6-8-19(25)13-16)26-20(29)14-28-21(30)24(5,27-22(28)31)18-11-9-17(10-12-18)23(2,3)4/h6-13,15H,14H2,1-5H3,(H,26,29)(H,27,31). The summed E-state index contributed by atoms with van der Waals surface area (Å²) >= 11 is 6.01. The van der Waals surface area contributed by atoms with E-state index in [0.29, 0.717) is 10.6 Å². The number of carbonyl (C=O) groups is 3. The molecule has 6 nitrogen and oxygen atoms in total. The van der Waals surface area contributed by atoms with Gasteiger partial charge in [0.15, 0.2) is 0 Å². The highest BCUT2D eigenvalue weighted by atomic mass is 35.5. The molecule has 1 fully saturated rings. The van der Waals surface area contributed by atoms with Gasteiger partial charge in [-0.15, -0.1) is 0 Å². The van der Waals surface area contributed by atoms with Gasteiger partial charge in [0.1, 0.15) is 12.1 Å². The molecule has 1 aliphatic heterocycles. The van der Waals surface area contributed by atoms with Crippen molar-refractivity contribution in [1.29, 1.82) is 0 Å². The molecule has 0 saturated carbocycles. The van der Waals surface area contributed by atoms with Gasteiger partial charge in [0.25, 0.3) is 5.91 Å². The lowest BCUT2D eigenvalue weighted by atomic mass is 9.84. The quantitative estimate of drug-likeness (QED) is 0.679. The number of imide groups is 1. The lowest BCUT2D eigenvalue weighted by molar-refractivity contribution is -0.135. The summed E-state index contributed by atoms with van der Waals surface area (Å²) in [6.07, 6.45) is 0. The molecule has 0 spiro atoms. The van der Waals surface area contributed by atoms with Crippen LogP contribution < -0.4 is 10.6 Å². The fourth-order valence-electron chi connectivity index (χ4n) is 3.63. The zero-order chi connectivity index (χ0) is 23.0. The first-order chi connectivity index (χ1) is 14.4. The molecule has 2 atom stereocenters. The van der Waals surface area contributed by atoms with Crippen molar-refractivity contribution in [3.05, 3.63) is 70.2 Å². The molecule has 7 heteroatoms. The number of urea groups is 1. The lowest BCUT2D eigenvalue weighted by Crippen LogP contribution is -2.43. The molecule has 2 N–H and O–H groups in total. The molecule has 0 bridgehead atoms. The maximum Gasteiger partial charge on any atom is 0.325 e. The molecule has 1 saturated heterocycles. The van der Waals surface area contributed by atoms with Crippen LogP contribution in [0.5, 0.6) is 0 Å². The maximum absolute atomic E-state index is 13.1. The van der Waals surface area contributed by atoms with Crippen molar-refractivity contribution in [2.24, 2.45) is 0 Å². The van der Waals surface area contributed by atoms with Crippen LogP contribution in [0.25, 0.3) is 0 Å². The minimum absolute atomic E-state index is 0.0217. The molecule has 0 aliphatic carbocycles. The molecular weight excluding hydrogens is 414 g/mol. The molecular formula is C24H28ClN3O3. The number of amides is 4.